The minimum absolute atomic E-state index is 0.289. The third-order valence-electron chi connectivity index (χ3n) is 1.16. The molecule has 0 atom stereocenters. The average molecular weight is 266 g/mol. The van der Waals surface area contributed by atoms with Gasteiger partial charge in [0.25, 0.3) is 0 Å². The smallest absolute Gasteiger partial charge is 0.130 e. The first-order valence-electron chi connectivity index (χ1n) is 2.77. The Kier molecular flexibility index (Phi) is 2.74. The van der Waals surface area contributed by atoms with Crippen molar-refractivity contribution in [1.82, 2.24) is 0 Å². The van der Waals surface area contributed by atoms with Gasteiger partial charge in [0.15, 0.2) is 0 Å². The molecule has 10 heavy (non-hydrogen) atoms. The lowest BCUT2D eigenvalue weighted by atomic mass is 10.2. The molecule has 0 amide bonds. The second-order valence-electron chi connectivity index (χ2n) is 1.92. The van der Waals surface area contributed by atoms with Crippen molar-refractivity contribution in [3.8, 4) is 5.75 Å². The Morgan fingerprint density at radius 3 is 2.60 bits per heavy atom. The molecule has 1 N–H and O–H groups in total. The van der Waals surface area contributed by atoms with Gasteiger partial charge >= 0.3 is 0 Å². The van der Waals surface area contributed by atoms with Crippen LogP contribution in [0, 0.1) is 0 Å². The van der Waals surface area contributed by atoms with E-state index in [1.165, 1.54) is 0 Å². The molecule has 0 saturated carbocycles. The van der Waals surface area contributed by atoms with Crippen molar-refractivity contribution in [1.29, 1.82) is 0 Å². The van der Waals surface area contributed by atoms with E-state index in [0.717, 1.165) is 15.4 Å². The molecule has 0 bridgehead atoms. The normalized spacial score (nSPS) is 9.80. The Hall–Kier alpha value is -0.0200. The molecule has 3 heteroatoms. The van der Waals surface area contributed by atoms with Crippen molar-refractivity contribution in [3.63, 3.8) is 0 Å². The fourth-order valence-electron chi connectivity index (χ4n) is 0.641. The van der Waals surface area contributed by atoms with Gasteiger partial charge in [-0.2, -0.15) is 0 Å². The lowest BCUT2D eigenvalue weighted by Gasteiger charge is -1.97. The third kappa shape index (κ3) is 1.73. The van der Waals surface area contributed by atoms with Gasteiger partial charge in [-0.05, 0) is 33.6 Å². The van der Waals surface area contributed by atoms with Crippen LogP contribution in [0.25, 0.3) is 0 Å². The molecule has 0 radical (unpaired) electrons. The zero-order valence-electron chi connectivity index (χ0n) is 5.14. The molecule has 0 spiro atoms. The number of phenolic OH excluding ortho intramolecular Hbond substituents is 1. The molecule has 0 fully saturated rings. The third-order valence-corrected chi connectivity index (χ3v) is 2.48. The van der Waals surface area contributed by atoms with Crippen LogP contribution in [0.15, 0.2) is 22.7 Å². The lowest BCUT2D eigenvalue weighted by Crippen LogP contribution is -1.75. The minimum Gasteiger partial charge on any atom is -0.507 e. The van der Waals surface area contributed by atoms with E-state index in [1.807, 2.05) is 12.1 Å². The highest BCUT2D eigenvalue weighted by Gasteiger charge is 1.96. The number of hydrogen-bond acceptors (Lipinski definition) is 1. The molecule has 1 aromatic carbocycles. The number of aromatic hydroxyl groups is 1. The van der Waals surface area contributed by atoms with Gasteiger partial charge in [0.2, 0.25) is 0 Å². The first-order chi connectivity index (χ1) is 4.74. The number of halogens is 2. The average Bonchev–Trinajstić information content (AvgIpc) is 1.95. The molecule has 1 aromatic rings. The molecule has 0 heterocycles. The van der Waals surface area contributed by atoms with Crippen molar-refractivity contribution >= 4 is 31.9 Å². The number of phenols is 1. The number of rotatable bonds is 1. The standard InChI is InChI=1S/C7H6Br2O/c8-4-5-1-2-6(9)7(10)3-5/h1-3,10H,4H2. The summed E-state index contributed by atoms with van der Waals surface area (Å²) in [5.41, 5.74) is 1.07. The highest BCUT2D eigenvalue weighted by molar-refractivity contribution is 9.10. The molecule has 0 aliphatic heterocycles. The molecular weight excluding hydrogens is 260 g/mol. The van der Waals surface area contributed by atoms with Gasteiger partial charge in [-0.3, -0.25) is 0 Å². The van der Waals surface area contributed by atoms with Gasteiger partial charge in [-0.25, -0.2) is 0 Å². The van der Waals surface area contributed by atoms with E-state index < -0.39 is 0 Å². The van der Waals surface area contributed by atoms with Gasteiger partial charge in [0.1, 0.15) is 5.75 Å². The molecule has 0 saturated heterocycles. The quantitative estimate of drug-likeness (QED) is 0.774. The van der Waals surface area contributed by atoms with Crippen LogP contribution in [0.4, 0.5) is 0 Å². The van der Waals surface area contributed by atoms with Crippen LogP contribution in [0.3, 0.4) is 0 Å². The van der Waals surface area contributed by atoms with Gasteiger partial charge in [-0.1, -0.05) is 22.0 Å². The maximum Gasteiger partial charge on any atom is 0.130 e. The van der Waals surface area contributed by atoms with Crippen LogP contribution in [0.1, 0.15) is 5.56 Å². The summed E-state index contributed by atoms with van der Waals surface area (Å²) in [4.78, 5) is 0. The first-order valence-corrected chi connectivity index (χ1v) is 4.69. The fraction of sp³-hybridized carbons (Fsp3) is 0.143. The Labute approximate surface area is 76.3 Å². The fourth-order valence-corrected chi connectivity index (χ4v) is 1.24. The van der Waals surface area contributed by atoms with Crippen LogP contribution in [0.5, 0.6) is 5.75 Å². The van der Waals surface area contributed by atoms with E-state index in [2.05, 4.69) is 31.9 Å². The molecule has 0 unspecified atom stereocenters. The minimum atomic E-state index is 0.289. The highest BCUT2D eigenvalue weighted by Crippen LogP contribution is 2.24. The molecule has 0 aromatic heterocycles. The summed E-state index contributed by atoms with van der Waals surface area (Å²) in [6, 6.07) is 5.49. The number of benzene rings is 1. The van der Waals surface area contributed by atoms with Gasteiger partial charge < -0.3 is 5.11 Å². The van der Waals surface area contributed by atoms with E-state index in [1.54, 1.807) is 6.07 Å². The summed E-state index contributed by atoms with van der Waals surface area (Å²) < 4.78 is 0.734. The molecule has 0 aliphatic carbocycles. The predicted molar refractivity (Wildman–Crippen MR) is 48.4 cm³/mol. The first kappa shape index (κ1) is 8.08. The lowest BCUT2D eigenvalue weighted by molar-refractivity contribution is 0.471. The molecule has 0 aliphatic rings. The van der Waals surface area contributed by atoms with Gasteiger partial charge in [0, 0.05) is 5.33 Å². The monoisotopic (exact) mass is 264 g/mol. The van der Waals surface area contributed by atoms with E-state index in [0.29, 0.717) is 0 Å². The molecular formula is C7H6Br2O. The Morgan fingerprint density at radius 1 is 1.40 bits per heavy atom. The number of alkyl halides is 1. The maximum atomic E-state index is 9.16. The van der Waals surface area contributed by atoms with Crippen LogP contribution in [-0.4, -0.2) is 5.11 Å². The molecule has 1 nitrogen and oxygen atoms in total. The highest BCUT2D eigenvalue weighted by atomic mass is 79.9. The van der Waals surface area contributed by atoms with E-state index in [4.69, 9.17) is 5.11 Å². The number of hydrogen-bond donors (Lipinski definition) is 1. The van der Waals surface area contributed by atoms with Crippen molar-refractivity contribution < 1.29 is 5.11 Å². The summed E-state index contributed by atoms with van der Waals surface area (Å²) in [7, 11) is 0. The van der Waals surface area contributed by atoms with Crippen molar-refractivity contribution in [2.24, 2.45) is 0 Å². The van der Waals surface area contributed by atoms with Crippen LogP contribution in [0.2, 0.25) is 0 Å². The summed E-state index contributed by atoms with van der Waals surface area (Å²) >= 11 is 6.48. The Morgan fingerprint density at radius 2 is 2.10 bits per heavy atom. The van der Waals surface area contributed by atoms with E-state index >= 15 is 0 Å². The van der Waals surface area contributed by atoms with E-state index in [9.17, 15) is 0 Å². The van der Waals surface area contributed by atoms with Crippen molar-refractivity contribution in [3.05, 3.63) is 28.2 Å². The maximum absolute atomic E-state index is 9.16. The SMILES string of the molecule is Oc1cc(CBr)ccc1Br. The topological polar surface area (TPSA) is 20.2 Å². The summed E-state index contributed by atoms with van der Waals surface area (Å²) in [6.45, 7) is 0. The van der Waals surface area contributed by atoms with Crippen molar-refractivity contribution in [2.75, 3.05) is 0 Å². The predicted octanol–water partition coefficient (Wildman–Crippen LogP) is 3.05. The Balaban J connectivity index is 3.04. The van der Waals surface area contributed by atoms with Crippen LogP contribution in [-0.2, 0) is 5.33 Å². The van der Waals surface area contributed by atoms with Gasteiger partial charge in [-0.15, -0.1) is 0 Å². The second-order valence-corrected chi connectivity index (χ2v) is 3.33. The molecule has 1 rings (SSSR count). The van der Waals surface area contributed by atoms with Crippen LogP contribution >= 0.6 is 31.9 Å². The van der Waals surface area contributed by atoms with Gasteiger partial charge in [0.05, 0.1) is 4.47 Å². The van der Waals surface area contributed by atoms with Crippen LogP contribution < -0.4 is 0 Å². The molecule has 54 valence electrons. The van der Waals surface area contributed by atoms with Crippen molar-refractivity contribution in [2.45, 2.75) is 5.33 Å². The summed E-state index contributed by atoms with van der Waals surface area (Å²) in [5, 5.41) is 9.94. The zero-order chi connectivity index (χ0) is 7.56. The summed E-state index contributed by atoms with van der Waals surface area (Å²) in [6.07, 6.45) is 0. The zero-order valence-corrected chi connectivity index (χ0v) is 8.31. The largest absolute Gasteiger partial charge is 0.507 e. The summed E-state index contributed by atoms with van der Waals surface area (Å²) in [5.74, 6) is 0.289. The second kappa shape index (κ2) is 3.39. The Bertz CT molecular complexity index is 235. The van der Waals surface area contributed by atoms with E-state index in [-0.39, 0.29) is 5.75 Å².